The second-order valence-corrected chi connectivity index (χ2v) is 8.69. The van der Waals surface area contributed by atoms with Crippen LogP contribution in [0.2, 0.25) is 0 Å². The molecule has 168 valence electrons. The van der Waals surface area contributed by atoms with Gasteiger partial charge in [0.1, 0.15) is 5.82 Å². The number of piperidine rings is 1. The van der Waals surface area contributed by atoms with E-state index in [1.807, 2.05) is 17.9 Å². The molecule has 1 N–H and O–H groups in total. The lowest BCUT2D eigenvalue weighted by Gasteiger charge is -2.34. The molecule has 8 heteroatoms. The Balaban J connectivity index is 1.64. The molecule has 1 fully saturated rings. The molecule has 3 aromatic rings. The SMILES string of the molecule is CC(C)[C@H](C)NC(=O)N1CCCC(c2cc(-c3ccc(F)cc3)nn2-c2ncccn2)C1. The number of carbonyl (C=O) groups is 1. The number of amides is 2. The van der Waals surface area contributed by atoms with Crippen molar-refractivity contribution in [2.24, 2.45) is 5.92 Å². The topological polar surface area (TPSA) is 75.9 Å². The number of hydrogen-bond acceptors (Lipinski definition) is 4. The Bertz CT molecular complexity index is 1050. The van der Waals surface area contributed by atoms with Crippen LogP contribution in [-0.2, 0) is 0 Å². The summed E-state index contributed by atoms with van der Waals surface area (Å²) in [4.78, 5) is 23.5. The van der Waals surface area contributed by atoms with Gasteiger partial charge in [-0.15, -0.1) is 0 Å². The Labute approximate surface area is 187 Å². The fourth-order valence-corrected chi connectivity index (χ4v) is 3.86. The summed E-state index contributed by atoms with van der Waals surface area (Å²) in [6.07, 6.45) is 5.20. The van der Waals surface area contributed by atoms with E-state index in [0.29, 0.717) is 18.4 Å². The molecule has 0 spiro atoms. The smallest absolute Gasteiger partial charge is 0.317 e. The largest absolute Gasteiger partial charge is 0.335 e. The first kappa shape index (κ1) is 21.9. The summed E-state index contributed by atoms with van der Waals surface area (Å²) < 4.78 is 15.2. The summed E-state index contributed by atoms with van der Waals surface area (Å²) in [6.45, 7) is 7.55. The van der Waals surface area contributed by atoms with E-state index in [4.69, 9.17) is 5.10 Å². The van der Waals surface area contributed by atoms with Crippen LogP contribution >= 0.6 is 0 Å². The molecule has 2 amide bonds. The first-order valence-corrected chi connectivity index (χ1v) is 11.1. The maximum atomic E-state index is 13.4. The zero-order chi connectivity index (χ0) is 22.7. The summed E-state index contributed by atoms with van der Waals surface area (Å²) in [6, 6.07) is 10.1. The average Bonchev–Trinajstić information content (AvgIpc) is 3.25. The fourth-order valence-electron chi connectivity index (χ4n) is 3.86. The van der Waals surface area contributed by atoms with Crippen molar-refractivity contribution in [3.8, 4) is 17.2 Å². The minimum Gasteiger partial charge on any atom is -0.335 e. The number of aromatic nitrogens is 4. The maximum Gasteiger partial charge on any atom is 0.317 e. The third kappa shape index (κ3) is 4.79. The van der Waals surface area contributed by atoms with E-state index in [9.17, 15) is 9.18 Å². The third-order valence-corrected chi connectivity index (χ3v) is 6.10. The summed E-state index contributed by atoms with van der Waals surface area (Å²) in [7, 11) is 0. The summed E-state index contributed by atoms with van der Waals surface area (Å²) >= 11 is 0. The van der Waals surface area contributed by atoms with Gasteiger partial charge in [-0.2, -0.15) is 5.10 Å². The molecular formula is C24H29FN6O. The molecule has 0 saturated carbocycles. The molecule has 0 radical (unpaired) electrons. The maximum absolute atomic E-state index is 13.4. The van der Waals surface area contributed by atoms with Crippen LogP contribution in [0.25, 0.3) is 17.2 Å². The van der Waals surface area contributed by atoms with Gasteiger partial charge >= 0.3 is 6.03 Å². The van der Waals surface area contributed by atoms with E-state index in [1.54, 1.807) is 35.3 Å². The van der Waals surface area contributed by atoms with Crippen molar-refractivity contribution in [2.75, 3.05) is 13.1 Å². The van der Waals surface area contributed by atoms with Gasteiger partial charge in [0.15, 0.2) is 0 Å². The van der Waals surface area contributed by atoms with Gasteiger partial charge < -0.3 is 10.2 Å². The van der Waals surface area contributed by atoms with Crippen LogP contribution in [0.5, 0.6) is 0 Å². The number of likely N-dealkylation sites (tertiary alicyclic amines) is 1. The molecule has 1 unspecified atom stereocenters. The van der Waals surface area contributed by atoms with Crippen LogP contribution in [-0.4, -0.2) is 49.8 Å². The molecule has 1 aliphatic heterocycles. The fraction of sp³-hybridized carbons (Fsp3) is 0.417. The molecule has 1 aromatic carbocycles. The molecule has 1 saturated heterocycles. The van der Waals surface area contributed by atoms with Crippen LogP contribution in [0.4, 0.5) is 9.18 Å². The minimum absolute atomic E-state index is 0.0308. The second-order valence-electron chi connectivity index (χ2n) is 8.69. The van der Waals surface area contributed by atoms with Gasteiger partial charge in [0.2, 0.25) is 0 Å². The van der Waals surface area contributed by atoms with Crippen LogP contribution < -0.4 is 5.32 Å². The van der Waals surface area contributed by atoms with Crippen molar-refractivity contribution in [1.29, 1.82) is 0 Å². The van der Waals surface area contributed by atoms with E-state index in [0.717, 1.165) is 36.3 Å². The molecule has 4 rings (SSSR count). The zero-order valence-electron chi connectivity index (χ0n) is 18.7. The van der Waals surface area contributed by atoms with Crippen LogP contribution in [0.3, 0.4) is 0 Å². The van der Waals surface area contributed by atoms with Gasteiger partial charge in [-0.3, -0.25) is 0 Å². The Morgan fingerprint density at radius 1 is 1.16 bits per heavy atom. The molecule has 7 nitrogen and oxygen atoms in total. The van der Waals surface area contributed by atoms with Crippen molar-refractivity contribution in [3.63, 3.8) is 0 Å². The molecule has 2 atom stereocenters. The van der Waals surface area contributed by atoms with E-state index < -0.39 is 0 Å². The zero-order valence-corrected chi connectivity index (χ0v) is 18.7. The molecule has 0 bridgehead atoms. The lowest BCUT2D eigenvalue weighted by atomic mass is 9.94. The number of halogens is 1. The van der Waals surface area contributed by atoms with Crippen molar-refractivity contribution in [3.05, 3.63) is 60.3 Å². The van der Waals surface area contributed by atoms with Gasteiger partial charge in [0.05, 0.1) is 11.4 Å². The highest BCUT2D eigenvalue weighted by molar-refractivity contribution is 5.74. The van der Waals surface area contributed by atoms with Gasteiger partial charge in [0, 0.05) is 43.0 Å². The summed E-state index contributed by atoms with van der Waals surface area (Å²) in [5.74, 6) is 0.652. The molecule has 1 aliphatic rings. The van der Waals surface area contributed by atoms with Gasteiger partial charge in [-0.25, -0.2) is 23.8 Å². The number of nitrogens with zero attached hydrogens (tertiary/aromatic N) is 5. The van der Waals surface area contributed by atoms with E-state index in [2.05, 4.69) is 29.1 Å². The molecule has 0 aliphatic carbocycles. The standard InChI is InChI=1S/C24H29FN6O/c1-16(2)17(3)28-24(32)30-13-4-6-19(15-30)22-14-21(18-7-9-20(25)10-8-18)29-31(22)23-26-11-5-12-27-23/h5,7-12,14,16-17,19H,4,6,13,15H2,1-3H3,(H,28,32)/t17-,19?/m0/s1. The predicted octanol–water partition coefficient (Wildman–Crippen LogP) is 4.40. The van der Waals surface area contributed by atoms with Crippen molar-refractivity contribution in [1.82, 2.24) is 30.0 Å². The van der Waals surface area contributed by atoms with Crippen LogP contribution in [0.1, 0.15) is 45.2 Å². The lowest BCUT2D eigenvalue weighted by molar-refractivity contribution is 0.173. The molecular weight excluding hydrogens is 407 g/mol. The van der Waals surface area contributed by atoms with E-state index >= 15 is 0 Å². The van der Waals surface area contributed by atoms with Crippen molar-refractivity contribution in [2.45, 2.75) is 45.6 Å². The van der Waals surface area contributed by atoms with E-state index in [-0.39, 0.29) is 23.8 Å². The number of nitrogens with one attached hydrogen (secondary N) is 1. The average molecular weight is 437 g/mol. The molecule has 2 aromatic heterocycles. The van der Waals surface area contributed by atoms with Crippen molar-refractivity contribution < 1.29 is 9.18 Å². The highest BCUT2D eigenvalue weighted by Gasteiger charge is 2.29. The first-order chi connectivity index (χ1) is 15.4. The van der Waals surface area contributed by atoms with E-state index in [1.165, 1.54) is 12.1 Å². The second kappa shape index (κ2) is 9.46. The summed E-state index contributed by atoms with van der Waals surface area (Å²) in [5.41, 5.74) is 2.49. The number of urea groups is 1. The Morgan fingerprint density at radius 3 is 2.56 bits per heavy atom. The van der Waals surface area contributed by atoms with Gasteiger partial charge in [-0.05, 0) is 62.1 Å². The monoisotopic (exact) mass is 436 g/mol. The molecule has 3 heterocycles. The van der Waals surface area contributed by atoms with Crippen LogP contribution in [0, 0.1) is 11.7 Å². The first-order valence-electron chi connectivity index (χ1n) is 11.1. The number of rotatable bonds is 5. The van der Waals surface area contributed by atoms with Gasteiger partial charge in [0.25, 0.3) is 5.95 Å². The quantitative estimate of drug-likeness (QED) is 0.643. The Kier molecular flexibility index (Phi) is 6.48. The predicted molar refractivity (Wildman–Crippen MR) is 121 cm³/mol. The number of hydrogen-bond donors (Lipinski definition) is 1. The number of benzene rings is 1. The van der Waals surface area contributed by atoms with Crippen LogP contribution in [0.15, 0.2) is 48.8 Å². The van der Waals surface area contributed by atoms with Gasteiger partial charge in [-0.1, -0.05) is 13.8 Å². The Hall–Kier alpha value is -3.29. The highest BCUT2D eigenvalue weighted by Crippen LogP contribution is 2.31. The normalized spacial score (nSPS) is 17.4. The highest BCUT2D eigenvalue weighted by atomic mass is 19.1. The number of carbonyl (C=O) groups excluding carboxylic acids is 1. The lowest BCUT2D eigenvalue weighted by Crippen LogP contribution is -2.48. The third-order valence-electron chi connectivity index (χ3n) is 6.10. The molecule has 32 heavy (non-hydrogen) atoms. The summed E-state index contributed by atoms with van der Waals surface area (Å²) in [5, 5.41) is 7.86. The minimum atomic E-state index is -0.288. The Morgan fingerprint density at radius 2 is 1.88 bits per heavy atom. The van der Waals surface area contributed by atoms with Crippen molar-refractivity contribution >= 4 is 6.03 Å².